The number of anilines is 3. The molecule has 1 nitrogen and oxygen atoms in total. The van der Waals surface area contributed by atoms with Gasteiger partial charge in [-0.15, -0.1) is 0 Å². The predicted molar refractivity (Wildman–Crippen MR) is 241 cm³/mol. The van der Waals surface area contributed by atoms with Crippen molar-refractivity contribution >= 4 is 27.8 Å². The normalized spacial score (nSPS) is 20.8. The molecule has 3 saturated carbocycles. The molecule has 3 unspecified atom stereocenters. The highest BCUT2D eigenvalue weighted by Gasteiger charge is 2.41. The van der Waals surface area contributed by atoms with Gasteiger partial charge in [0.2, 0.25) is 0 Å². The number of benzene rings is 7. The van der Waals surface area contributed by atoms with E-state index in [9.17, 15) is 0 Å². The Bertz CT molecular complexity index is 2600. The lowest BCUT2D eigenvalue weighted by molar-refractivity contribution is 0.420. The molecule has 0 aliphatic heterocycles. The van der Waals surface area contributed by atoms with E-state index in [1.54, 1.807) is 0 Å². The van der Waals surface area contributed by atoms with Gasteiger partial charge in [0, 0.05) is 22.5 Å². The fraction of sp³-hybridized carbons (Fsp3) is 0.286. The van der Waals surface area contributed by atoms with Gasteiger partial charge in [-0.1, -0.05) is 155 Å². The molecule has 0 N–H and O–H groups in total. The third-order valence-corrected chi connectivity index (χ3v) is 14.7. The van der Waals surface area contributed by atoms with Gasteiger partial charge in [-0.05, 0) is 159 Å². The SMILES string of the molecule is CC1(C)c2cc(N(c3ccc(-c4cccc(C5CCCCC5)c4)cc3)c3ccc(C4CC5CCC4C5)cc3)ccc2-c2cccc(-c3cccc4ccccc34)c21. The maximum Gasteiger partial charge on any atom is 0.0465 e. The molecule has 0 aromatic heterocycles. The van der Waals surface area contributed by atoms with E-state index >= 15 is 0 Å². The number of nitrogens with zero attached hydrogens (tertiary/aromatic N) is 1. The van der Waals surface area contributed by atoms with E-state index in [2.05, 4.69) is 170 Å². The van der Waals surface area contributed by atoms with Crippen LogP contribution in [0.4, 0.5) is 17.1 Å². The molecule has 7 aromatic carbocycles. The second kappa shape index (κ2) is 13.9. The molecule has 7 aromatic rings. The van der Waals surface area contributed by atoms with Crippen LogP contribution in [0.2, 0.25) is 0 Å². The molecule has 0 radical (unpaired) electrons. The van der Waals surface area contributed by atoms with Crippen molar-refractivity contribution in [3.05, 3.63) is 174 Å². The van der Waals surface area contributed by atoms with Crippen molar-refractivity contribution in [3.63, 3.8) is 0 Å². The summed E-state index contributed by atoms with van der Waals surface area (Å²) in [6.45, 7) is 4.86. The molecule has 1 heteroatoms. The smallest absolute Gasteiger partial charge is 0.0465 e. The molecule has 2 bridgehead atoms. The van der Waals surface area contributed by atoms with Gasteiger partial charge in [-0.2, -0.15) is 0 Å². The van der Waals surface area contributed by atoms with E-state index in [1.807, 2.05) is 0 Å². The Morgan fingerprint density at radius 1 is 0.491 bits per heavy atom. The molecule has 0 heterocycles. The maximum atomic E-state index is 2.50. The van der Waals surface area contributed by atoms with Crippen LogP contribution in [-0.2, 0) is 5.41 Å². The van der Waals surface area contributed by atoms with E-state index in [1.165, 1.54) is 141 Å². The van der Waals surface area contributed by atoms with Crippen LogP contribution in [0.25, 0.3) is 44.2 Å². The summed E-state index contributed by atoms with van der Waals surface area (Å²) in [6, 6.07) is 58.2. The summed E-state index contributed by atoms with van der Waals surface area (Å²) >= 11 is 0. The zero-order chi connectivity index (χ0) is 38.1. The number of hydrogen-bond donors (Lipinski definition) is 0. The lowest BCUT2D eigenvalue weighted by atomic mass is 9.78. The molecule has 57 heavy (non-hydrogen) atoms. The van der Waals surface area contributed by atoms with Gasteiger partial charge in [0.05, 0.1) is 0 Å². The summed E-state index contributed by atoms with van der Waals surface area (Å²) in [7, 11) is 0. The van der Waals surface area contributed by atoms with Gasteiger partial charge in [0.25, 0.3) is 0 Å². The molecule has 4 aliphatic carbocycles. The summed E-state index contributed by atoms with van der Waals surface area (Å²) in [4.78, 5) is 2.50. The molecule has 282 valence electrons. The highest BCUT2D eigenvalue weighted by atomic mass is 15.1. The third kappa shape index (κ3) is 5.96. The third-order valence-electron chi connectivity index (χ3n) is 14.7. The van der Waals surface area contributed by atoms with Crippen LogP contribution in [0.5, 0.6) is 0 Å². The van der Waals surface area contributed by atoms with Gasteiger partial charge in [0.1, 0.15) is 0 Å². The second-order valence-electron chi connectivity index (χ2n) is 18.3. The molecule has 0 saturated heterocycles. The van der Waals surface area contributed by atoms with E-state index in [0.717, 1.165) is 17.8 Å². The van der Waals surface area contributed by atoms with Crippen molar-refractivity contribution in [3.8, 4) is 33.4 Å². The minimum absolute atomic E-state index is 0.182. The summed E-state index contributed by atoms with van der Waals surface area (Å²) in [5.74, 6) is 3.25. The van der Waals surface area contributed by atoms with Crippen LogP contribution >= 0.6 is 0 Å². The molecule has 3 fully saturated rings. The Hall–Kier alpha value is -5.40. The largest absolute Gasteiger partial charge is 0.310 e. The minimum atomic E-state index is -0.182. The Morgan fingerprint density at radius 2 is 1.18 bits per heavy atom. The summed E-state index contributed by atoms with van der Waals surface area (Å²) in [5, 5.41) is 2.60. The lowest BCUT2D eigenvalue weighted by Gasteiger charge is -2.29. The van der Waals surface area contributed by atoms with Crippen molar-refractivity contribution < 1.29 is 0 Å². The van der Waals surface area contributed by atoms with Crippen LogP contribution in [0.15, 0.2) is 152 Å². The predicted octanol–water partition coefficient (Wildman–Crippen LogP) is 15.9. The van der Waals surface area contributed by atoms with Crippen LogP contribution in [0, 0.1) is 11.8 Å². The molecular weight excluding hydrogens is 687 g/mol. The summed E-state index contributed by atoms with van der Waals surface area (Å²) in [6.07, 6.45) is 12.4. The average molecular weight is 740 g/mol. The first-order valence-corrected chi connectivity index (χ1v) is 21.9. The van der Waals surface area contributed by atoms with E-state index < -0.39 is 0 Å². The van der Waals surface area contributed by atoms with Crippen LogP contribution < -0.4 is 4.90 Å². The maximum absolute atomic E-state index is 2.50. The van der Waals surface area contributed by atoms with Crippen molar-refractivity contribution in [2.24, 2.45) is 11.8 Å². The fourth-order valence-corrected chi connectivity index (χ4v) is 11.9. The quantitative estimate of drug-likeness (QED) is 0.157. The molecule has 4 aliphatic rings. The van der Waals surface area contributed by atoms with Crippen molar-refractivity contribution in [1.82, 2.24) is 0 Å². The molecule has 3 atom stereocenters. The topological polar surface area (TPSA) is 3.24 Å². The Kier molecular flexibility index (Phi) is 8.50. The summed E-state index contributed by atoms with van der Waals surface area (Å²) in [5.41, 5.74) is 17.3. The Morgan fingerprint density at radius 3 is 1.95 bits per heavy atom. The highest BCUT2D eigenvalue weighted by Crippen LogP contribution is 2.55. The lowest BCUT2D eigenvalue weighted by Crippen LogP contribution is -2.17. The summed E-state index contributed by atoms with van der Waals surface area (Å²) < 4.78 is 0. The number of fused-ring (bicyclic) bond motifs is 6. The van der Waals surface area contributed by atoms with Crippen molar-refractivity contribution in [1.29, 1.82) is 0 Å². The monoisotopic (exact) mass is 739 g/mol. The molecule has 0 spiro atoms. The van der Waals surface area contributed by atoms with Gasteiger partial charge in [-0.25, -0.2) is 0 Å². The minimum Gasteiger partial charge on any atom is -0.310 e. The molecule has 11 rings (SSSR count). The first kappa shape index (κ1) is 34.8. The van der Waals surface area contributed by atoms with Gasteiger partial charge in [0.15, 0.2) is 0 Å². The van der Waals surface area contributed by atoms with E-state index in [4.69, 9.17) is 0 Å². The van der Waals surface area contributed by atoms with Crippen LogP contribution in [0.3, 0.4) is 0 Å². The highest BCUT2D eigenvalue weighted by molar-refractivity contribution is 6.00. The van der Waals surface area contributed by atoms with Crippen molar-refractivity contribution in [2.75, 3.05) is 4.90 Å². The standard InChI is InChI=1S/C56H53N/c1-56(2)54-36-47(31-32-50(54)52-20-10-19-51(55(52)56)49-18-9-14-40-13-6-7-17-48(40)49)57(46-29-25-41(26-30-46)53-34-37-21-22-44(53)33-37)45-27-23-39(24-28-45)43-16-8-15-42(35-43)38-11-4-3-5-12-38/h6-10,13-20,23-32,35-38,44,53H,3-5,11-12,21-22,33-34H2,1-2H3. The van der Waals surface area contributed by atoms with Gasteiger partial charge >= 0.3 is 0 Å². The van der Waals surface area contributed by atoms with Crippen molar-refractivity contribution in [2.45, 2.75) is 88.9 Å². The van der Waals surface area contributed by atoms with E-state index in [-0.39, 0.29) is 5.41 Å². The molecule has 0 amide bonds. The fourth-order valence-electron chi connectivity index (χ4n) is 11.9. The van der Waals surface area contributed by atoms with E-state index in [0.29, 0.717) is 5.92 Å². The first-order chi connectivity index (χ1) is 28.0. The average Bonchev–Trinajstić information content (AvgIpc) is 3.97. The zero-order valence-electron chi connectivity index (χ0n) is 33.6. The second-order valence-corrected chi connectivity index (χ2v) is 18.3. The van der Waals surface area contributed by atoms with Crippen LogP contribution in [0.1, 0.15) is 106 Å². The van der Waals surface area contributed by atoms with Gasteiger partial charge in [-0.3, -0.25) is 0 Å². The van der Waals surface area contributed by atoms with Crippen LogP contribution in [-0.4, -0.2) is 0 Å². The Balaban J connectivity index is 0.988. The number of hydrogen-bond acceptors (Lipinski definition) is 1. The number of rotatable bonds is 7. The Labute approximate surface area is 339 Å². The van der Waals surface area contributed by atoms with Gasteiger partial charge < -0.3 is 4.90 Å². The molecular formula is C56H53N. The first-order valence-electron chi connectivity index (χ1n) is 21.9. The zero-order valence-corrected chi connectivity index (χ0v) is 33.6.